The van der Waals surface area contributed by atoms with E-state index in [1.54, 1.807) is 24.3 Å². The van der Waals surface area contributed by atoms with E-state index in [1.807, 2.05) is 116 Å². The van der Waals surface area contributed by atoms with Gasteiger partial charge in [0.1, 0.15) is 34.4 Å². The van der Waals surface area contributed by atoms with Crippen molar-refractivity contribution in [1.82, 2.24) is 0 Å². The number of fused-ring (bicyclic) bond motifs is 3. The lowest BCUT2D eigenvalue weighted by Crippen LogP contribution is -2.22. The molecule has 0 saturated carbocycles. The minimum Gasteiger partial charge on any atom is -0.457 e. The smallest absolute Gasteiger partial charge is 0.289 e. The number of hydrogen-bond acceptors (Lipinski definition) is 6. The number of nitro benzene ring substituents is 1. The average Bonchev–Trinajstić information content (AvgIpc) is 3.08. The van der Waals surface area contributed by atoms with E-state index in [-0.39, 0.29) is 5.69 Å². The Balaban J connectivity index is 1.27. The highest BCUT2D eigenvalue weighted by Crippen LogP contribution is 2.65. The number of aryl methyl sites for hydroxylation is 1. The fourth-order valence-corrected chi connectivity index (χ4v) is 8.55. The zero-order valence-electron chi connectivity index (χ0n) is 24.8. The third-order valence-electron chi connectivity index (χ3n) is 7.92. The molecule has 8 heteroatoms. The zero-order chi connectivity index (χ0) is 31.7. The molecule has 7 rings (SSSR count). The van der Waals surface area contributed by atoms with Crippen LogP contribution in [0.1, 0.15) is 22.3 Å². The Morgan fingerprint density at radius 1 is 0.609 bits per heavy atom. The number of nitrogens with zero attached hydrogens (tertiary/aromatic N) is 1. The van der Waals surface area contributed by atoms with Gasteiger partial charge in [0, 0.05) is 17.7 Å². The lowest BCUT2D eigenvalue weighted by Gasteiger charge is -2.34. The molecule has 0 amide bonds. The second-order valence-electron chi connectivity index (χ2n) is 11.0. The first kappa shape index (κ1) is 29.1. The van der Waals surface area contributed by atoms with Crippen LogP contribution in [0.3, 0.4) is 0 Å². The van der Waals surface area contributed by atoms with E-state index in [0.717, 1.165) is 33.6 Å². The van der Waals surface area contributed by atoms with Gasteiger partial charge < -0.3 is 14.0 Å². The maximum Gasteiger partial charge on any atom is 0.289 e. The van der Waals surface area contributed by atoms with Crippen LogP contribution < -0.4 is 19.3 Å². The van der Waals surface area contributed by atoms with Crippen LogP contribution >= 0.6 is 7.37 Å². The molecule has 0 aliphatic carbocycles. The molecule has 46 heavy (non-hydrogen) atoms. The molecule has 0 N–H and O–H groups in total. The molecule has 0 saturated heterocycles. The first-order valence-corrected chi connectivity index (χ1v) is 16.4. The summed E-state index contributed by atoms with van der Waals surface area (Å²) in [6, 6.07) is 44.1. The highest BCUT2D eigenvalue weighted by atomic mass is 31.2. The van der Waals surface area contributed by atoms with Gasteiger partial charge in [-0.3, -0.25) is 14.7 Å². The van der Waals surface area contributed by atoms with Gasteiger partial charge in [-0.05, 0) is 84.3 Å². The van der Waals surface area contributed by atoms with Gasteiger partial charge in [0.15, 0.2) is 0 Å². The molecule has 6 aromatic rings. The van der Waals surface area contributed by atoms with Crippen LogP contribution in [0.2, 0.25) is 0 Å². The molecule has 0 aromatic heterocycles. The maximum absolute atomic E-state index is 15.5. The maximum atomic E-state index is 15.5. The molecule has 226 valence electrons. The molecule has 0 spiro atoms. The molecule has 7 nitrogen and oxygen atoms in total. The highest BCUT2D eigenvalue weighted by Gasteiger charge is 2.44. The van der Waals surface area contributed by atoms with E-state index in [4.69, 9.17) is 14.0 Å². The quantitative estimate of drug-likeness (QED) is 0.0950. The summed E-state index contributed by atoms with van der Waals surface area (Å²) in [5.74, 6) is 2.96. The Labute approximate surface area is 266 Å². The summed E-state index contributed by atoms with van der Waals surface area (Å²) < 4.78 is 34.1. The van der Waals surface area contributed by atoms with E-state index in [9.17, 15) is 10.1 Å². The number of rotatable bonds is 8. The van der Waals surface area contributed by atoms with Crippen molar-refractivity contribution in [3.8, 4) is 39.9 Å². The molecule has 2 unspecified atom stereocenters. The lowest BCUT2D eigenvalue weighted by atomic mass is 10.0. The van der Waals surface area contributed by atoms with E-state index < -0.39 is 18.0 Å². The SMILES string of the molecule is Cc1ccc(Oc2ccc(C(c3ccc(Oc4ccc([N+](=O)[O-])cc4)cc3)P3(=O)Oc4ccccc4-c4ccccc43)cc2)cc1. The molecule has 0 radical (unpaired) electrons. The van der Waals surface area contributed by atoms with Crippen LogP contribution in [0, 0.1) is 17.0 Å². The summed E-state index contributed by atoms with van der Waals surface area (Å²) >= 11 is 0. The molecular formula is C38H28NO6P. The second kappa shape index (κ2) is 12.0. The van der Waals surface area contributed by atoms with Gasteiger partial charge in [0.05, 0.1) is 10.2 Å². The Morgan fingerprint density at radius 2 is 1.07 bits per heavy atom. The topological polar surface area (TPSA) is 87.9 Å². The molecule has 0 bridgehead atoms. The van der Waals surface area contributed by atoms with E-state index in [2.05, 4.69) is 0 Å². The van der Waals surface area contributed by atoms with Crippen molar-refractivity contribution >= 4 is 18.4 Å². The first-order chi connectivity index (χ1) is 22.4. The predicted molar refractivity (Wildman–Crippen MR) is 179 cm³/mol. The number of ether oxygens (including phenoxy) is 2. The van der Waals surface area contributed by atoms with Gasteiger partial charge in [0.25, 0.3) is 13.1 Å². The van der Waals surface area contributed by atoms with Crippen LogP contribution in [-0.2, 0) is 4.57 Å². The average molecular weight is 626 g/mol. The van der Waals surface area contributed by atoms with Gasteiger partial charge in [-0.15, -0.1) is 0 Å². The van der Waals surface area contributed by atoms with Crippen molar-refractivity contribution in [3.63, 3.8) is 0 Å². The molecule has 1 heterocycles. The minimum atomic E-state index is -3.62. The molecule has 6 aromatic carbocycles. The normalized spacial score (nSPS) is 15.5. The van der Waals surface area contributed by atoms with Crippen molar-refractivity contribution in [2.24, 2.45) is 0 Å². The third-order valence-corrected chi connectivity index (χ3v) is 10.7. The second-order valence-corrected chi connectivity index (χ2v) is 13.4. The van der Waals surface area contributed by atoms with Gasteiger partial charge in [-0.25, -0.2) is 0 Å². The monoisotopic (exact) mass is 625 g/mol. The number of hydrogen-bond donors (Lipinski definition) is 0. The van der Waals surface area contributed by atoms with Crippen LogP contribution in [0.5, 0.6) is 28.7 Å². The van der Waals surface area contributed by atoms with E-state index in [0.29, 0.717) is 28.3 Å². The van der Waals surface area contributed by atoms with Gasteiger partial charge in [0.2, 0.25) is 0 Å². The van der Waals surface area contributed by atoms with Crippen molar-refractivity contribution < 1.29 is 23.5 Å². The molecular weight excluding hydrogens is 597 g/mol. The van der Waals surface area contributed by atoms with Crippen molar-refractivity contribution in [1.29, 1.82) is 0 Å². The fourth-order valence-electron chi connectivity index (χ4n) is 5.66. The minimum absolute atomic E-state index is 0.0140. The zero-order valence-corrected chi connectivity index (χ0v) is 25.7. The van der Waals surface area contributed by atoms with Gasteiger partial charge in [-0.2, -0.15) is 0 Å². The summed E-state index contributed by atoms with van der Waals surface area (Å²) in [6.07, 6.45) is 0. The van der Waals surface area contributed by atoms with Gasteiger partial charge in [-0.1, -0.05) is 78.4 Å². The highest BCUT2D eigenvalue weighted by molar-refractivity contribution is 7.68. The van der Waals surface area contributed by atoms with E-state index >= 15 is 4.57 Å². The number of nitro groups is 1. The Bertz CT molecular complexity index is 2080. The van der Waals surface area contributed by atoms with Crippen LogP contribution in [0.25, 0.3) is 11.1 Å². The molecule has 1 aliphatic rings. The number of para-hydroxylation sites is 1. The fraction of sp³-hybridized carbons (Fsp3) is 0.0526. The van der Waals surface area contributed by atoms with Crippen LogP contribution in [0.4, 0.5) is 5.69 Å². The van der Waals surface area contributed by atoms with Crippen molar-refractivity contribution in [2.75, 3.05) is 0 Å². The molecule has 2 atom stereocenters. The number of non-ortho nitro benzene ring substituents is 1. The summed E-state index contributed by atoms with van der Waals surface area (Å²) in [5, 5.41) is 11.7. The third kappa shape index (κ3) is 5.65. The molecule has 0 fully saturated rings. The summed E-state index contributed by atoms with van der Waals surface area (Å²) in [6.45, 7) is 2.03. The largest absolute Gasteiger partial charge is 0.457 e. The van der Waals surface area contributed by atoms with Crippen molar-refractivity contribution in [3.05, 3.63) is 172 Å². The standard InChI is InChI=1S/C38H28NO6P/c1-26-10-18-30(19-11-26)43-31-20-12-27(13-21-31)38(28-14-22-32(23-15-28)44-33-24-16-29(17-25-33)39(40)41)46(42)37-9-5-3-7-35(37)34-6-2-4-8-36(34)45-46/h2-25,38H,1H3. The summed E-state index contributed by atoms with van der Waals surface area (Å²) in [7, 11) is -3.62. The molecule has 1 aliphatic heterocycles. The lowest BCUT2D eigenvalue weighted by molar-refractivity contribution is -0.384. The van der Waals surface area contributed by atoms with Crippen LogP contribution in [-0.4, -0.2) is 4.92 Å². The number of benzene rings is 6. The summed E-state index contributed by atoms with van der Waals surface area (Å²) in [4.78, 5) is 10.6. The van der Waals surface area contributed by atoms with E-state index in [1.165, 1.54) is 12.1 Å². The Kier molecular flexibility index (Phi) is 7.61. The Hall–Kier alpha value is -5.65. The van der Waals surface area contributed by atoms with Crippen LogP contribution in [0.15, 0.2) is 146 Å². The van der Waals surface area contributed by atoms with Crippen molar-refractivity contribution in [2.45, 2.75) is 12.6 Å². The Morgan fingerprint density at radius 3 is 1.61 bits per heavy atom. The summed E-state index contributed by atoms with van der Waals surface area (Å²) in [5.41, 5.74) is 3.85. The predicted octanol–water partition coefficient (Wildman–Crippen LogP) is 10.2. The van der Waals surface area contributed by atoms with Gasteiger partial charge >= 0.3 is 0 Å². The first-order valence-electron chi connectivity index (χ1n) is 14.7.